The van der Waals surface area contributed by atoms with Gasteiger partial charge >= 0.3 is 6.18 Å². The fraction of sp³-hybridized carbons (Fsp3) is 0.130. The van der Waals surface area contributed by atoms with Crippen LogP contribution in [0.5, 0.6) is 0 Å². The van der Waals surface area contributed by atoms with Crippen LogP contribution in [-0.2, 0) is 12.6 Å². The van der Waals surface area contributed by atoms with E-state index >= 15 is 0 Å². The molecule has 0 unspecified atom stereocenters. The van der Waals surface area contributed by atoms with Gasteiger partial charge in [0.05, 0.1) is 5.56 Å². The van der Waals surface area contributed by atoms with Crippen LogP contribution in [0.25, 0.3) is 33.2 Å². The van der Waals surface area contributed by atoms with Crippen LogP contribution < -0.4 is 0 Å². The summed E-state index contributed by atoms with van der Waals surface area (Å²) in [6.07, 6.45) is -3.66. The minimum Gasteiger partial charge on any atom is -0.460 e. The molecule has 28 heavy (non-hydrogen) atoms. The fourth-order valence-electron chi connectivity index (χ4n) is 3.24. The van der Waals surface area contributed by atoms with E-state index < -0.39 is 11.7 Å². The molecule has 0 saturated carbocycles. The van der Waals surface area contributed by atoms with Gasteiger partial charge in [-0.25, -0.2) is 4.39 Å². The Bertz CT molecular complexity index is 1120. The Labute approximate surface area is 159 Å². The second kappa shape index (κ2) is 6.82. The second-order valence-corrected chi connectivity index (χ2v) is 6.59. The number of hydrogen-bond acceptors (Lipinski definition) is 1. The van der Waals surface area contributed by atoms with Crippen molar-refractivity contribution in [2.45, 2.75) is 19.5 Å². The van der Waals surface area contributed by atoms with Crippen molar-refractivity contribution in [3.05, 3.63) is 83.9 Å². The average molecular weight is 384 g/mol. The van der Waals surface area contributed by atoms with E-state index in [2.05, 4.69) is 0 Å². The Balaban J connectivity index is 1.88. The monoisotopic (exact) mass is 384 g/mol. The number of furan rings is 1. The number of fused-ring (bicyclic) bond motifs is 1. The summed E-state index contributed by atoms with van der Waals surface area (Å²) >= 11 is 0. The smallest absolute Gasteiger partial charge is 0.416 e. The summed E-state index contributed by atoms with van der Waals surface area (Å²) in [6, 6.07) is 16.8. The van der Waals surface area contributed by atoms with Gasteiger partial charge in [0.15, 0.2) is 0 Å². The van der Waals surface area contributed by atoms with Gasteiger partial charge in [-0.1, -0.05) is 31.2 Å². The van der Waals surface area contributed by atoms with Crippen LogP contribution in [0.15, 0.2) is 71.1 Å². The van der Waals surface area contributed by atoms with Crippen molar-refractivity contribution in [2.75, 3.05) is 0 Å². The van der Waals surface area contributed by atoms with Crippen LogP contribution in [0, 0.1) is 5.82 Å². The lowest BCUT2D eigenvalue weighted by molar-refractivity contribution is -0.137. The zero-order valence-electron chi connectivity index (χ0n) is 15.0. The number of hydrogen-bond donors (Lipinski definition) is 0. The normalized spacial score (nSPS) is 11.9. The lowest BCUT2D eigenvalue weighted by Gasteiger charge is -2.10. The van der Waals surface area contributed by atoms with Crippen molar-refractivity contribution in [2.24, 2.45) is 0 Å². The van der Waals surface area contributed by atoms with Gasteiger partial charge in [-0.2, -0.15) is 13.2 Å². The van der Waals surface area contributed by atoms with Gasteiger partial charge in [0.1, 0.15) is 17.2 Å². The zero-order chi connectivity index (χ0) is 19.9. The first kappa shape index (κ1) is 18.3. The quantitative estimate of drug-likeness (QED) is 0.334. The highest BCUT2D eigenvalue weighted by atomic mass is 19.4. The van der Waals surface area contributed by atoms with Gasteiger partial charge < -0.3 is 4.42 Å². The Kier molecular flexibility index (Phi) is 4.46. The molecule has 0 bridgehead atoms. The molecule has 0 aliphatic carbocycles. The molecule has 1 heterocycles. The Morgan fingerprint density at radius 3 is 2.04 bits per heavy atom. The van der Waals surface area contributed by atoms with Crippen molar-refractivity contribution in [1.29, 1.82) is 0 Å². The standard InChI is InChI=1S/C23H16F4O/c1-2-20-12-17-11-16(14-3-7-18(8-4-14)23(25,26)27)13-21(22(17)28-20)15-5-9-19(24)10-6-15/h3-13H,2H2,1H3. The maximum atomic E-state index is 13.3. The molecule has 0 atom stereocenters. The molecule has 0 aliphatic heterocycles. The van der Waals surface area contributed by atoms with Crippen molar-refractivity contribution in [3.8, 4) is 22.3 Å². The molecule has 4 rings (SSSR count). The summed E-state index contributed by atoms with van der Waals surface area (Å²) in [6.45, 7) is 1.98. The average Bonchev–Trinajstić information content (AvgIpc) is 3.11. The molecule has 0 aliphatic rings. The largest absolute Gasteiger partial charge is 0.460 e. The summed E-state index contributed by atoms with van der Waals surface area (Å²) in [5, 5.41) is 0.855. The summed E-state index contributed by atoms with van der Waals surface area (Å²) < 4.78 is 57.8. The van der Waals surface area contributed by atoms with Crippen LogP contribution in [0.4, 0.5) is 17.6 Å². The molecule has 5 heteroatoms. The van der Waals surface area contributed by atoms with Crippen molar-refractivity contribution in [1.82, 2.24) is 0 Å². The van der Waals surface area contributed by atoms with Crippen LogP contribution in [-0.4, -0.2) is 0 Å². The zero-order valence-corrected chi connectivity index (χ0v) is 15.0. The van der Waals surface area contributed by atoms with E-state index in [-0.39, 0.29) is 5.82 Å². The van der Waals surface area contributed by atoms with E-state index in [0.717, 1.165) is 40.0 Å². The topological polar surface area (TPSA) is 13.1 Å². The number of aryl methyl sites for hydroxylation is 1. The van der Waals surface area contributed by atoms with E-state index in [4.69, 9.17) is 4.42 Å². The van der Waals surface area contributed by atoms with E-state index in [1.165, 1.54) is 24.3 Å². The second-order valence-electron chi connectivity index (χ2n) is 6.59. The van der Waals surface area contributed by atoms with Crippen molar-refractivity contribution >= 4 is 11.0 Å². The first-order valence-electron chi connectivity index (χ1n) is 8.85. The van der Waals surface area contributed by atoms with Crippen LogP contribution in [0.2, 0.25) is 0 Å². The fourth-order valence-corrected chi connectivity index (χ4v) is 3.24. The lowest BCUT2D eigenvalue weighted by atomic mass is 9.96. The highest BCUT2D eigenvalue weighted by Gasteiger charge is 2.30. The first-order valence-corrected chi connectivity index (χ1v) is 8.85. The SMILES string of the molecule is CCc1cc2cc(-c3ccc(C(F)(F)F)cc3)cc(-c3ccc(F)cc3)c2o1. The highest BCUT2D eigenvalue weighted by molar-refractivity contribution is 5.97. The Morgan fingerprint density at radius 2 is 1.43 bits per heavy atom. The van der Waals surface area contributed by atoms with E-state index in [9.17, 15) is 17.6 Å². The molecule has 1 nitrogen and oxygen atoms in total. The molecular weight excluding hydrogens is 368 g/mol. The predicted octanol–water partition coefficient (Wildman–Crippen LogP) is 7.49. The number of halogens is 4. The molecule has 0 radical (unpaired) electrons. The maximum Gasteiger partial charge on any atom is 0.416 e. The molecule has 0 saturated heterocycles. The predicted molar refractivity (Wildman–Crippen MR) is 101 cm³/mol. The van der Waals surface area contributed by atoms with Gasteiger partial charge in [0.2, 0.25) is 0 Å². The van der Waals surface area contributed by atoms with E-state index in [1.54, 1.807) is 12.1 Å². The summed E-state index contributed by atoms with van der Waals surface area (Å²) in [5.41, 5.74) is 2.97. The third-order valence-electron chi connectivity index (χ3n) is 4.72. The molecule has 3 aromatic carbocycles. The van der Waals surface area contributed by atoms with Crippen LogP contribution in [0.1, 0.15) is 18.2 Å². The minimum atomic E-state index is -4.37. The van der Waals surface area contributed by atoms with Crippen LogP contribution >= 0.6 is 0 Å². The van der Waals surface area contributed by atoms with Gasteiger partial charge in [-0.3, -0.25) is 0 Å². The molecule has 142 valence electrons. The molecule has 0 fully saturated rings. The van der Waals surface area contributed by atoms with Crippen molar-refractivity contribution in [3.63, 3.8) is 0 Å². The van der Waals surface area contributed by atoms with Crippen molar-refractivity contribution < 1.29 is 22.0 Å². The van der Waals surface area contributed by atoms with Gasteiger partial charge in [0, 0.05) is 17.4 Å². The maximum absolute atomic E-state index is 13.3. The first-order chi connectivity index (χ1) is 13.3. The molecule has 0 N–H and O–H groups in total. The van der Waals surface area contributed by atoms with Crippen LogP contribution in [0.3, 0.4) is 0 Å². The Hall–Kier alpha value is -3.08. The Morgan fingerprint density at radius 1 is 0.786 bits per heavy atom. The number of benzene rings is 3. The number of rotatable bonds is 3. The van der Waals surface area contributed by atoms with Gasteiger partial charge in [-0.05, 0) is 59.2 Å². The molecule has 0 spiro atoms. The molecule has 1 aromatic heterocycles. The van der Waals surface area contributed by atoms with E-state index in [1.807, 2.05) is 25.1 Å². The summed E-state index contributed by atoms with van der Waals surface area (Å²) in [7, 11) is 0. The number of alkyl halides is 3. The summed E-state index contributed by atoms with van der Waals surface area (Å²) in [4.78, 5) is 0. The molecular formula is C23H16F4O. The van der Waals surface area contributed by atoms with E-state index in [0.29, 0.717) is 17.6 Å². The lowest BCUT2D eigenvalue weighted by Crippen LogP contribution is -2.03. The van der Waals surface area contributed by atoms with Gasteiger partial charge in [-0.15, -0.1) is 0 Å². The molecule has 4 aromatic rings. The van der Waals surface area contributed by atoms with Gasteiger partial charge in [0.25, 0.3) is 0 Å². The molecule has 0 amide bonds. The third-order valence-corrected chi connectivity index (χ3v) is 4.72. The highest BCUT2D eigenvalue weighted by Crippen LogP contribution is 2.37. The minimum absolute atomic E-state index is 0.340. The summed E-state index contributed by atoms with van der Waals surface area (Å²) in [5.74, 6) is 0.468. The third kappa shape index (κ3) is 3.40.